The van der Waals surface area contributed by atoms with Gasteiger partial charge in [-0.1, -0.05) is 24.3 Å². The average Bonchev–Trinajstić information content (AvgIpc) is 2.64. The van der Waals surface area contributed by atoms with Crippen LogP contribution in [0.4, 0.5) is 17.6 Å². The van der Waals surface area contributed by atoms with Gasteiger partial charge in [-0.15, -0.1) is 0 Å². The Morgan fingerprint density at radius 3 is 1.66 bits per heavy atom. The molecule has 0 aromatic heterocycles. The first-order valence-electron chi connectivity index (χ1n) is 10.0. The van der Waals surface area contributed by atoms with E-state index in [1.807, 2.05) is 4.90 Å². The van der Waals surface area contributed by atoms with Gasteiger partial charge in [0.05, 0.1) is 11.3 Å². The van der Waals surface area contributed by atoms with Crippen LogP contribution in [0.2, 0.25) is 0 Å². The molecular formula is C24H21F4NO2S. The third-order valence-electron chi connectivity index (χ3n) is 5.73. The zero-order valence-electron chi connectivity index (χ0n) is 17.2. The minimum Gasteiger partial charge on any atom is -0.292 e. The second-order valence-corrected chi connectivity index (χ2v) is 10.3. The number of halogens is 4. The van der Waals surface area contributed by atoms with E-state index in [9.17, 15) is 26.0 Å². The van der Waals surface area contributed by atoms with Crippen LogP contribution < -0.4 is 0 Å². The minimum atomic E-state index is -3.68. The van der Waals surface area contributed by atoms with Crippen molar-refractivity contribution in [3.8, 4) is 0 Å². The normalized spacial score (nSPS) is 16.2. The highest BCUT2D eigenvalue weighted by Crippen LogP contribution is 2.42. The van der Waals surface area contributed by atoms with Crippen molar-refractivity contribution in [3.05, 3.63) is 107 Å². The van der Waals surface area contributed by atoms with Crippen molar-refractivity contribution in [1.82, 2.24) is 4.90 Å². The molecule has 0 N–H and O–H groups in total. The summed E-state index contributed by atoms with van der Waals surface area (Å²) in [7, 11) is -3.68. The Morgan fingerprint density at radius 2 is 1.22 bits per heavy atom. The predicted molar refractivity (Wildman–Crippen MR) is 114 cm³/mol. The molecule has 0 amide bonds. The fraction of sp³-hybridized carbons (Fsp3) is 0.250. The van der Waals surface area contributed by atoms with Crippen molar-refractivity contribution in [2.75, 3.05) is 19.3 Å². The number of likely N-dealkylation sites (tertiary alicyclic amines) is 1. The van der Waals surface area contributed by atoms with Gasteiger partial charge in [0.25, 0.3) is 0 Å². The van der Waals surface area contributed by atoms with Gasteiger partial charge in [0.1, 0.15) is 23.3 Å². The summed E-state index contributed by atoms with van der Waals surface area (Å²) in [5, 5.41) is -1.09. The molecule has 1 fully saturated rings. The van der Waals surface area contributed by atoms with Crippen molar-refractivity contribution < 1.29 is 26.0 Å². The van der Waals surface area contributed by atoms with Crippen molar-refractivity contribution in [1.29, 1.82) is 0 Å². The van der Waals surface area contributed by atoms with E-state index in [4.69, 9.17) is 0 Å². The van der Waals surface area contributed by atoms with Crippen LogP contribution in [-0.4, -0.2) is 32.7 Å². The Labute approximate surface area is 184 Å². The second-order valence-electron chi connectivity index (χ2n) is 8.18. The molecule has 4 rings (SSSR count). The van der Waals surface area contributed by atoms with Gasteiger partial charge in [-0.25, -0.2) is 26.0 Å². The van der Waals surface area contributed by atoms with Crippen LogP contribution in [0.15, 0.2) is 66.7 Å². The van der Waals surface area contributed by atoms with Gasteiger partial charge in [-0.2, -0.15) is 0 Å². The van der Waals surface area contributed by atoms with Crippen LogP contribution in [0.3, 0.4) is 0 Å². The van der Waals surface area contributed by atoms with E-state index in [0.717, 1.165) is 18.4 Å². The van der Waals surface area contributed by atoms with Crippen molar-refractivity contribution in [2.45, 2.75) is 11.3 Å². The molecule has 8 heteroatoms. The van der Waals surface area contributed by atoms with Gasteiger partial charge in [0.2, 0.25) is 0 Å². The molecule has 0 unspecified atom stereocenters. The largest absolute Gasteiger partial charge is 0.292 e. The first-order chi connectivity index (χ1) is 15.1. The van der Waals surface area contributed by atoms with Crippen LogP contribution in [0.1, 0.15) is 28.0 Å². The van der Waals surface area contributed by atoms with Gasteiger partial charge in [-0.3, -0.25) is 4.90 Å². The molecule has 0 radical (unpaired) electrons. The maximum atomic E-state index is 13.9. The van der Waals surface area contributed by atoms with Gasteiger partial charge >= 0.3 is 0 Å². The lowest BCUT2D eigenvalue weighted by Gasteiger charge is -2.47. The molecule has 3 aromatic rings. The van der Waals surface area contributed by atoms with Crippen LogP contribution >= 0.6 is 0 Å². The fourth-order valence-corrected chi connectivity index (χ4v) is 6.03. The quantitative estimate of drug-likeness (QED) is 0.480. The number of nitrogens with zero attached hydrogens (tertiary/aromatic N) is 1. The van der Waals surface area contributed by atoms with E-state index in [0.29, 0.717) is 17.2 Å². The van der Waals surface area contributed by atoms with E-state index in [1.54, 1.807) is 24.3 Å². The van der Waals surface area contributed by atoms with E-state index in [2.05, 4.69) is 0 Å². The Bertz CT molecular complexity index is 1180. The maximum Gasteiger partial charge on any atom is 0.154 e. The summed E-state index contributed by atoms with van der Waals surface area (Å²) in [5.74, 6) is -3.00. The molecule has 1 atom stereocenters. The van der Waals surface area contributed by atoms with Crippen molar-refractivity contribution in [3.63, 3.8) is 0 Å². The Morgan fingerprint density at radius 1 is 0.750 bits per heavy atom. The van der Waals surface area contributed by atoms with Crippen molar-refractivity contribution in [2.24, 2.45) is 5.92 Å². The summed E-state index contributed by atoms with van der Waals surface area (Å²) < 4.78 is 80.4. The molecule has 32 heavy (non-hydrogen) atoms. The van der Waals surface area contributed by atoms with Crippen LogP contribution in [0.25, 0.3) is 0 Å². The smallest absolute Gasteiger partial charge is 0.154 e. The standard InChI is InChI=1S/C24H21F4NO2S/c1-32(30,31)24(17-10-21(27)12-22(28)11-17)18-13-29(14-18)23(15-4-2-6-19(25)8-15)16-5-3-7-20(26)9-16/h2-12,18,23-24H,13-14H2,1H3/t24-/m1/s1. The number of benzene rings is 3. The maximum absolute atomic E-state index is 13.9. The molecule has 1 aliphatic heterocycles. The highest BCUT2D eigenvalue weighted by Gasteiger charge is 2.43. The highest BCUT2D eigenvalue weighted by atomic mass is 32.2. The van der Waals surface area contributed by atoms with E-state index in [1.165, 1.54) is 24.3 Å². The molecule has 1 aliphatic rings. The molecule has 3 nitrogen and oxygen atoms in total. The Kier molecular flexibility index (Phi) is 6.09. The summed E-state index contributed by atoms with van der Waals surface area (Å²) in [5.41, 5.74) is 1.26. The molecule has 0 saturated carbocycles. The third kappa shape index (κ3) is 4.71. The third-order valence-corrected chi connectivity index (χ3v) is 7.31. The molecular weight excluding hydrogens is 442 g/mol. The van der Waals surface area contributed by atoms with Gasteiger partial charge in [0.15, 0.2) is 9.84 Å². The molecule has 3 aromatic carbocycles. The molecule has 1 saturated heterocycles. The topological polar surface area (TPSA) is 37.4 Å². The monoisotopic (exact) mass is 463 g/mol. The van der Waals surface area contributed by atoms with Gasteiger partial charge < -0.3 is 0 Å². The predicted octanol–water partition coefficient (Wildman–Crippen LogP) is 5.05. The summed E-state index contributed by atoms with van der Waals surface area (Å²) in [6.07, 6.45) is 1.04. The Balaban J connectivity index is 1.66. The number of hydrogen-bond acceptors (Lipinski definition) is 3. The van der Waals surface area contributed by atoms with Crippen LogP contribution in [-0.2, 0) is 9.84 Å². The molecule has 0 aliphatic carbocycles. The van der Waals surface area contributed by atoms with Crippen LogP contribution in [0, 0.1) is 29.2 Å². The first kappa shape index (κ1) is 22.5. The van der Waals surface area contributed by atoms with E-state index in [-0.39, 0.29) is 18.7 Å². The number of sulfone groups is 1. The fourth-order valence-electron chi connectivity index (χ4n) is 4.53. The minimum absolute atomic E-state index is 0.0581. The number of hydrogen-bond donors (Lipinski definition) is 0. The summed E-state index contributed by atoms with van der Waals surface area (Å²) in [6, 6.07) is 14.2. The molecule has 0 bridgehead atoms. The average molecular weight is 463 g/mol. The number of rotatable bonds is 6. The highest BCUT2D eigenvalue weighted by molar-refractivity contribution is 7.90. The van der Waals surface area contributed by atoms with Crippen molar-refractivity contribution >= 4 is 9.84 Å². The van der Waals surface area contributed by atoms with E-state index < -0.39 is 50.3 Å². The van der Waals surface area contributed by atoms with Gasteiger partial charge in [0, 0.05) is 31.3 Å². The SMILES string of the molecule is CS(=O)(=O)[C@H](c1cc(F)cc(F)c1)C1CN(C(c2cccc(F)c2)c2cccc(F)c2)C1. The zero-order chi connectivity index (χ0) is 23.0. The molecule has 1 heterocycles. The molecule has 0 spiro atoms. The lowest BCUT2D eigenvalue weighted by atomic mass is 9.86. The zero-order valence-corrected chi connectivity index (χ0v) is 18.0. The van der Waals surface area contributed by atoms with Gasteiger partial charge in [-0.05, 0) is 53.1 Å². The second kappa shape index (κ2) is 8.67. The summed E-state index contributed by atoms with van der Waals surface area (Å²) in [4.78, 5) is 1.90. The lowest BCUT2D eigenvalue weighted by Crippen LogP contribution is -2.52. The lowest BCUT2D eigenvalue weighted by molar-refractivity contribution is 0.0652. The molecule has 168 valence electrons. The van der Waals surface area contributed by atoms with E-state index >= 15 is 0 Å². The van der Waals surface area contributed by atoms with Crippen LogP contribution in [0.5, 0.6) is 0 Å². The Hall–Kier alpha value is -2.71. The first-order valence-corrected chi connectivity index (χ1v) is 12.0. The summed E-state index contributed by atoms with van der Waals surface area (Å²) in [6.45, 7) is 0.543. The summed E-state index contributed by atoms with van der Waals surface area (Å²) >= 11 is 0.